The summed E-state index contributed by atoms with van der Waals surface area (Å²) in [5.74, 6) is -0.340. The summed E-state index contributed by atoms with van der Waals surface area (Å²) in [6.07, 6.45) is 2.69. The normalized spacial score (nSPS) is 17.6. The largest absolute Gasteiger partial charge is 0.444 e. The SMILES string of the molecule is CCC1(CC)C(=O)N(c2cccc(Br)c2C(N)=O)c2ccc(C3CCN(C(=O)OC(C)(C)C)CC3)cc21. The number of fused-ring (bicyclic) bond motifs is 1. The van der Waals surface area contributed by atoms with Gasteiger partial charge < -0.3 is 15.4 Å². The van der Waals surface area contributed by atoms with Crippen molar-refractivity contribution >= 4 is 45.2 Å². The van der Waals surface area contributed by atoms with Gasteiger partial charge in [-0.25, -0.2) is 4.79 Å². The van der Waals surface area contributed by atoms with Crippen LogP contribution < -0.4 is 10.6 Å². The second-order valence-electron chi connectivity index (χ2n) is 10.9. The molecule has 0 spiro atoms. The van der Waals surface area contributed by atoms with Crippen LogP contribution in [0.1, 0.15) is 87.7 Å². The van der Waals surface area contributed by atoms with Gasteiger partial charge in [-0.05, 0) is 97.6 Å². The van der Waals surface area contributed by atoms with Crippen molar-refractivity contribution in [1.29, 1.82) is 0 Å². The van der Waals surface area contributed by atoms with Gasteiger partial charge in [0.2, 0.25) is 5.91 Å². The lowest BCUT2D eigenvalue weighted by Crippen LogP contribution is -2.41. The Morgan fingerprint density at radius 2 is 1.73 bits per heavy atom. The Hall–Kier alpha value is -2.87. The van der Waals surface area contributed by atoms with Gasteiger partial charge in [-0.1, -0.05) is 32.0 Å². The number of likely N-dealkylation sites (tertiary alicyclic amines) is 1. The number of piperidine rings is 1. The molecule has 0 unspecified atom stereocenters. The molecule has 37 heavy (non-hydrogen) atoms. The highest BCUT2D eigenvalue weighted by Gasteiger charge is 2.50. The summed E-state index contributed by atoms with van der Waals surface area (Å²) in [6.45, 7) is 11.0. The molecule has 3 amide bonds. The van der Waals surface area contributed by atoms with Gasteiger partial charge in [0.1, 0.15) is 5.60 Å². The molecular formula is C29H36BrN3O4. The topological polar surface area (TPSA) is 92.9 Å². The third-order valence-electron chi connectivity index (χ3n) is 7.69. The van der Waals surface area contributed by atoms with E-state index in [2.05, 4.69) is 28.1 Å². The Labute approximate surface area is 227 Å². The molecule has 0 bridgehead atoms. The first kappa shape index (κ1) is 27.2. The molecule has 1 fully saturated rings. The van der Waals surface area contributed by atoms with Crippen molar-refractivity contribution < 1.29 is 19.1 Å². The van der Waals surface area contributed by atoms with Crippen LogP contribution in [0.4, 0.5) is 16.2 Å². The summed E-state index contributed by atoms with van der Waals surface area (Å²) < 4.78 is 6.10. The maximum atomic E-state index is 14.1. The van der Waals surface area contributed by atoms with Crippen molar-refractivity contribution in [3.8, 4) is 0 Å². The van der Waals surface area contributed by atoms with E-state index in [1.165, 1.54) is 5.56 Å². The number of amides is 3. The summed E-state index contributed by atoms with van der Waals surface area (Å²) in [5.41, 5.74) is 8.28. The lowest BCUT2D eigenvalue weighted by Gasteiger charge is -2.34. The molecule has 2 aliphatic heterocycles. The van der Waals surface area contributed by atoms with Crippen LogP contribution in [0, 0.1) is 0 Å². The van der Waals surface area contributed by atoms with Crippen LogP contribution >= 0.6 is 15.9 Å². The van der Waals surface area contributed by atoms with E-state index in [0.29, 0.717) is 41.7 Å². The predicted octanol–water partition coefficient (Wildman–Crippen LogP) is 6.40. The molecule has 198 valence electrons. The average molecular weight is 571 g/mol. The fourth-order valence-electron chi connectivity index (χ4n) is 5.66. The smallest absolute Gasteiger partial charge is 0.410 e. The average Bonchev–Trinajstić information content (AvgIpc) is 3.09. The molecule has 2 aromatic rings. The second-order valence-corrected chi connectivity index (χ2v) is 11.8. The van der Waals surface area contributed by atoms with Crippen molar-refractivity contribution in [3.05, 3.63) is 57.6 Å². The van der Waals surface area contributed by atoms with Gasteiger partial charge in [0, 0.05) is 17.6 Å². The minimum atomic E-state index is -0.681. The Morgan fingerprint density at radius 1 is 1.08 bits per heavy atom. The van der Waals surface area contributed by atoms with Gasteiger partial charge in [-0.2, -0.15) is 0 Å². The minimum absolute atomic E-state index is 0.0370. The summed E-state index contributed by atoms with van der Waals surface area (Å²) >= 11 is 3.44. The molecule has 2 aromatic carbocycles. The quantitative estimate of drug-likeness (QED) is 0.450. The Balaban J connectivity index is 1.68. The highest BCUT2D eigenvalue weighted by molar-refractivity contribution is 9.10. The van der Waals surface area contributed by atoms with E-state index in [-0.39, 0.29) is 17.9 Å². The van der Waals surface area contributed by atoms with E-state index in [4.69, 9.17) is 10.5 Å². The minimum Gasteiger partial charge on any atom is -0.444 e. The van der Waals surface area contributed by atoms with E-state index in [0.717, 1.165) is 24.1 Å². The number of primary amides is 1. The van der Waals surface area contributed by atoms with Gasteiger partial charge in [-0.15, -0.1) is 0 Å². The molecule has 2 heterocycles. The van der Waals surface area contributed by atoms with E-state index in [9.17, 15) is 14.4 Å². The summed E-state index contributed by atoms with van der Waals surface area (Å²) in [5, 5.41) is 0. The third-order valence-corrected chi connectivity index (χ3v) is 8.35. The fourth-order valence-corrected chi connectivity index (χ4v) is 6.21. The molecule has 8 heteroatoms. The monoisotopic (exact) mass is 569 g/mol. The molecule has 1 saturated heterocycles. The van der Waals surface area contributed by atoms with Crippen molar-refractivity contribution in [3.63, 3.8) is 0 Å². The number of hydrogen-bond donors (Lipinski definition) is 1. The fraction of sp³-hybridized carbons (Fsp3) is 0.483. The zero-order valence-corrected chi connectivity index (χ0v) is 23.9. The van der Waals surface area contributed by atoms with Crippen LogP contribution in [0.2, 0.25) is 0 Å². The highest BCUT2D eigenvalue weighted by atomic mass is 79.9. The molecule has 0 aliphatic carbocycles. The molecule has 0 radical (unpaired) electrons. The molecular weight excluding hydrogens is 534 g/mol. The first-order chi connectivity index (χ1) is 17.4. The van der Waals surface area contributed by atoms with Crippen LogP contribution in [-0.2, 0) is 14.9 Å². The second kappa shape index (κ2) is 10.1. The van der Waals surface area contributed by atoms with E-state index in [1.807, 2.05) is 46.8 Å². The third kappa shape index (κ3) is 4.88. The molecule has 2 N–H and O–H groups in total. The van der Waals surface area contributed by atoms with Crippen molar-refractivity contribution in [1.82, 2.24) is 4.90 Å². The first-order valence-electron chi connectivity index (χ1n) is 13.0. The van der Waals surface area contributed by atoms with Crippen LogP contribution in [0.3, 0.4) is 0 Å². The Morgan fingerprint density at radius 3 is 2.30 bits per heavy atom. The zero-order chi connectivity index (χ0) is 27.1. The summed E-state index contributed by atoms with van der Waals surface area (Å²) in [6, 6.07) is 11.6. The number of nitrogens with two attached hydrogens (primary N) is 1. The van der Waals surface area contributed by atoms with Gasteiger partial charge in [-0.3, -0.25) is 14.5 Å². The van der Waals surface area contributed by atoms with Crippen LogP contribution in [0.5, 0.6) is 0 Å². The van der Waals surface area contributed by atoms with Crippen molar-refractivity contribution in [2.45, 2.75) is 77.2 Å². The Bertz CT molecular complexity index is 1220. The number of ether oxygens (including phenoxy) is 1. The number of carbonyl (C=O) groups excluding carboxylic acids is 3. The van der Waals surface area contributed by atoms with Crippen molar-refractivity contribution in [2.75, 3.05) is 18.0 Å². The maximum absolute atomic E-state index is 14.1. The van der Waals surface area contributed by atoms with Gasteiger partial charge in [0.15, 0.2) is 0 Å². The molecule has 7 nitrogen and oxygen atoms in total. The van der Waals surface area contributed by atoms with Crippen LogP contribution in [0.15, 0.2) is 40.9 Å². The molecule has 4 rings (SSSR count). The first-order valence-corrected chi connectivity index (χ1v) is 13.8. The number of anilines is 2. The van der Waals surface area contributed by atoms with E-state index in [1.54, 1.807) is 21.9 Å². The van der Waals surface area contributed by atoms with E-state index < -0.39 is 16.9 Å². The molecule has 0 atom stereocenters. The number of hydrogen-bond acceptors (Lipinski definition) is 4. The van der Waals surface area contributed by atoms with Crippen molar-refractivity contribution in [2.24, 2.45) is 5.73 Å². The predicted molar refractivity (Wildman–Crippen MR) is 148 cm³/mol. The van der Waals surface area contributed by atoms with Gasteiger partial charge in [0.05, 0.1) is 22.4 Å². The summed E-state index contributed by atoms with van der Waals surface area (Å²) in [4.78, 5) is 42.4. The molecule has 0 aromatic heterocycles. The standard InChI is InChI=1S/C29H36BrN3O4/c1-6-29(7-2)20-17-19(18-13-15-32(16-14-18)27(36)37-28(3,4)5)11-12-22(20)33(26(29)35)23-10-8-9-21(30)24(23)25(31)34/h8-12,17-18H,6-7,13-16H2,1-5H3,(H2,31,34). The number of nitrogens with zero attached hydrogens (tertiary/aromatic N) is 2. The molecule has 0 saturated carbocycles. The highest BCUT2D eigenvalue weighted by Crippen LogP contribution is 2.51. The van der Waals surface area contributed by atoms with Crippen LogP contribution in [-0.4, -0.2) is 41.5 Å². The van der Waals surface area contributed by atoms with Gasteiger partial charge >= 0.3 is 6.09 Å². The van der Waals surface area contributed by atoms with Gasteiger partial charge in [0.25, 0.3) is 5.91 Å². The number of carbonyl (C=O) groups is 3. The van der Waals surface area contributed by atoms with Crippen LogP contribution in [0.25, 0.3) is 0 Å². The lowest BCUT2D eigenvalue weighted by atomic mass is 9.75. The van der Waals surface area contributed by atoms with E-state index >= 15 is 0 Å². The maximum Gasteiger partial charge on any atom is 0.410 e. The Kier molecular flexibility index (Phi) is 7.43. The number of rotatable bonds is 5. The number of benzene rings is 2. The lowest BCUT2D eigenvalue weighted by molar-refractivity contribution is -0.122. The zero-order valence-electron chi connectivity index (χ0n) is 22.3. The summed E-state index contributed by atoms with van der Waals surface area (Å²) in [7, 11) is 0. The number of halogens is 1. The molecule has 2 aliphatic rings.